The molecule has 2 aromatic carbocycles. The first-order valence-corrected chi connectivity index (χ1v) is 9.37. The van der Waals surface area contributed by atoms with Crippen molar-refractivity contribution in [2.24, 2.45) is 0 Å². The Morgan fingerprint density at radius 2 is 1.46 bits per heavy atom. The van der Waals surface area contributed by atoms with E-state index >= 15 is 0 Å². The van der Waals surface area contributed by atoms with Crippen molar-refractivity contribution in [1.82, 2.24) is 5.32 Å². The van der Waals surface area contributed by atoms with E-state index in [-0.39, 0.29) is 30.3 Å². The standard InChI is InChI=1S/C23H27NO4/c1-5-16-6-8-17(9-7-16)20(25)15-28-21(26)14-24-22(27)18-10-12-19(13-11-18)23(2,3)4/h6-13H,5,14-15H2,1-4H3,(H,24,27). The Hall–Kier alpha value is -2.95. The summed E-state index contributed by atoms with van der Waals surface area (Å²) in [6, 6.07) is 14.4. The van der Waals surface area contributed by atoms with E-state index in [4.69, 9.17) is 4.74 Å². The third-order valence-corrected chi connectivity index (χ3v) is 4.45. The monoisotopic (exact) mass is 381 g/mol. The second kappa shape index (κ2) is 9.31. The molecule has 28 heavy (non-hydrogen) atoms. The largest absolute Gasteiger partial charge is 0.456 e. The van der Waals surface area contributed by atoms with Gasteiger partial charge in [-0.3, -0.25) is 14.4 Å². The zero-order valence-corrected chi connectivity index (χ0v) is 16.9. The number of ether oxygens (including phenoxy) is 1. The lowest BCUT2D eigenvalue weighted by atomic mass is 9.87. The molecule has 0 spiro atoms. The minimum Gasteiger partial charge on any atom is -0.456 e. The van der Waals surface area contributed by atoms with Crippen LogP contribution in [0, 0.1) is 0 Å². The van der Waals surface area contributed by atoms with E-state index in [2.05, 4.69) is 26.1 Å². The van der Waals surface area contributed by atoms with Crippen molar-refractivity contribution in [3.05, 3.63) is 70.8 Å². The summed E-state index contributed by atoms with van der Waals surface area (Å²) in [6.45, 7) is 7.68. The molecule has 0 aliphatic rings. The highest BCUT2D eigenvalue weighted by Crippen LogP contribution is 2.22. The van der Waals surface area contributed by atoms with Crippen LogP contribution < -0.4 is 5.32 Å². The number of carbonyl (C=O) groups is 3. The van der Waals surface area contributed by atoms with Crippen LogP contribution in [0.4, 0.5) is 0 Å². The van der Waals surface area contributed by atoms with E-state index in [1.807, 2.05) is 31.2 Å². The number of carbonyl (C=O) groups excluding carboxylic acids is 3. The molecule has 1 amide bonds. The molecule has 0 aliphatic heterocycles. The highest BCUT2D eigenvalue weighted by Gasteiger charge is 2.15. The van der Waals surface area contributed by atoms with Crippen LogP contribution >= 0.6 is 0 Å². The average molecular weight is 381 g/mol. The Morgan fingerprint density at radius 1 is 0.893 bits per heavy atom. The summed E-state index contributed by atoms with van der Waals surface area (Å²) in [5, 5.41) is 2.51. The number of esters is 1. The normalized spacial score (nSPS) is 11.0. The van der Waals surface area contributed by atoms with Gasteiger partial charge in [0.25, 0.3) is 5.91 Å². The molecule has 0 bridgehead atoms. The number of aryl methyl sites for hydroxylation is 1. The minimum atomic E-state index is -0.654. The van der Waals surface area contributed by atoms with Gasteiger partial charge in [-0.25, -0.2) is 0 Å². The van der Waals surface area contributed by atoms with Gasteiger partial charge in [-0.1, -0.05) is 64.1 Å². The van der Waals surface area contributed by atoms with Crippen molar-refractivity contribution in [2.75, 3.05) is 13.2 Å². The van der Waals surface area contributed by atoms with E-state index < -0.39 is 5.97 Å². The second-order valence-corrected chi connectivity index (χ2v) is 7.64. The molecule has 0 unspecified atom stereocenters. The molecule has 0 aromatic heterocycles. The van der Waals surface area contributed by atoms with Gasteiger partial charge in [0.2, 0.25) is 0 Å². The Bertz CT molecular complexity index is 830. The van der Waals surface area contributed by atoms with Crippen LogP contribution in [-0.2, 0) is 21.4 Å². The first-order valence-electron chi connectivity index (χ1n) is 9.37. The zero-order valence-electron chi connectivity index (χ0n) is 16.9. The molecule has 0 fully saturated rings. The van der Waals surface area contributed by atoms with Gasteiger partial charge in [-0.15, -0.1) is 0 Å². The zero-order chi connectivity index (χ0) is 20.7. The number of benzene rings is 2. The number of nitrogens with one attached hydrogen (secondary N) is 1. The molecule has 0 saturated heterocycles. The maximum Gasteiger partial charge on any atom is 0.325 e. The van der Waals surface area contributed by atoms with Crippen molar-refractivity contribution in [3.63, 3.8) is 0 Å². The lowest BCUT2D eigenvalue weighted by Gasteiger charge is -2.19. The Balaban J connectivity index is 1.79. The quantitative estimate of drug-likeness (QED) is 0.586. The van der Waals surface area contributed by atoms with E-state index in [1.165, 1.54) is 0 Å². The van der Waals surface area contributed by atoms with Gasteiger partial charge >= 0.3 is 5.97 Å². The molecule has 0 saturated carbocycles. The van der Waals surface area contributed by atoms with E-state index in [0.29, 0.717) is 11.1 Å². The van der Waals surface area contributed by atoms with Crippen molar-refractivity contribution >= 4 is 17.7 Å². The maximum absolute atomic E-state index is 12.1. The first-order chi connectivity index (χ1) is 13.2. The highest BCUT2D eigenvalue weighted by atomic mass is 16.5. The van der Waals surface area contributed by atoms with Crippen molar-refractivity contribution < 1.29 is 19.1 Å². The summed E-state index contributed by atoms with van der Waals surface area (Å²) >= 11 is 0. The second-order valence-electron chi connectivity index (χ2n) is 7.64. The molecule has 0 radical (unpaired) electrons. The molecule has 0 heterocycles. The topological polar surface area (TPSA) is 72.5 Å². The number of hydrogen-bond donors (Lipinski definition) is 1. The first kappa shape index (κ1) is 21.4. The fraction of sp³-hybridized carbons (Fsp3) is 0.348. The smallest absolute Gasteiger partial charge is 0.325 e. The third-order valence-electron chi connectivity index (χ3n) is 4.45. The number of amides is 1. The maximum atomic E-state index is 12.1. The van der Waals surface area contributed by atoms with Crippen molar-refractivity contribution in [3.8, 4) is 0 Å². The predicted octanol–water partition coefficient (Wildman–Crippen LogP) is 3.70. The number of hydrogen-bond acceptors (Lipinski definition) is 4. The van der Waals surface area contributed by atoms with Crippen LogP contribution in [0.15, 0.2) is 48.5 Å². The summed E-state index contributed by atoms with van der Waals surface area (Å²) in [4.78, 5) is 36.0. The van der Waals surface area contributed by atoms with Crippen LogP contribution in [-0.4, -0.2) is 30.8 Å². The number of rotatable bonds is 7. The summed E-state index contributed by atoms with van der Waals surface area (Å²) in [5.41, 5.74) is 3.21. The summed E-state index contributed by atoms with van der Waals surface area (Å²) in [6.07, 6.45) is 0.891. The molecular weight excluding hydrogens is 354 g/mol. The van der Waals surface area contributed by atoms with E-state index in [0.717, 1.165) is 17.5 Å². The molecule has 2 rings (SSSR count). The van der Waals surface area contributed by atoms with Gasteiger partial charge in [0, 0.05) is 11.1 Å². The van der Waals surface area contributed by atoms with Crippen LogP contribution in [0.1, 0.15) is 59.5 Å². The van der Waals surface area contributed by atoms with Crippen molar-refractivity contribution in [1.29, 1.82) is 0 Å². The molecule has 5 heteroatoms. The van der Waals surface area contributed by atoms with Gasteiger partial charge < -0.3 is 10.1 Å². The summed E-state index contributed by atoms with van der Waals surface area (Å²) in [5.74, 6) is -1.29. The molecule has 5 nitrogen and oxygen atoms in total. The summed E-state index contributed by atoms with van der Waals surface area (Å²) in [7, 11) is 0. The van der Waals surface area contributed by atoms with Gasteiger partial charge in [0.15, 0.2) is 12.4 Å². The SMILES string of the molecule is CCc1ccc(C(=O)COC(=O)CNC(=O)c2ccc(C(C)(C)C)cc2)cc1. The van der Waals surface area contributed by atoms with E-state index in [1.54, 1.807) is 24.3 Å². The van der Waals surface area contributed by atoms with Crippen LogP contribution in [0.25, 0.3) is 0 Å². The third kappa shape index (κ3) is 6.05. The lowest BCUT2D eigenvalue weighted by molar-refractivity contribution is -0.141. The van der Waals surface area contributed by atoms with Crippen molar-refractivity contribution in [2.45, 2.75) is 39.5 Å². The van der Waals surface area contributed by atoms with Crippen LogP contribution in [0.3, 0.4) is 0 Å². The molecule has 2 aromatic rings. The fourth-order valence-electron chi connectivity index (χ4n) is 2.58. The van der Waals surface area contributed by atoms with E-state index in [9.17, 15) is 14.4 Å². The summed E-state index contributed by atoms with van der Waals surface area (Å²) < 4.78 is 4.96. The molecular formula is C23H27NO4. The fourth-order valence-corrected chi connectivity index (χ4v) is 2.58. The molecule has 1 N–H and O–H groups in total. The number of ketones is 1. The Labute approximate surface area is 166 Å². The van der Waals surface area contributed by atoms with Crippen LogP contribution in [0.2, 0.25) is 0 Å². The molecule has 148 valence electrons. The van der Waals surface area contributed by atoms with Gasteiger partial charge in [-0.2, -0.15) is 0 Å². The molecule has 0 atom stereocenters. The number of Topliss-reactive ketones (excluding diaryl/α,β-unsaturated/α-hetero) is 1. The molecule has 0 aliphatic carbocycles. The Morgan fingerprint density at radius 3 is 2.00 bits per heavy atom. The van der Waals surface area contributed by atoms with Gasteiger partial charge in [0.05, 0.1) is 0 Å². The van der Waals surface area contributed by atoms with Gasteiger partial charge in [-0.05, 0) is 35.1 Å². The van der Waals surface area contributed by atoms with Gasteiger partial charge in [0.1, 0.15) is 6.54 Å². The lowest BCUT2D eigenvalue weighted by Crippen LogP contribution is -2.31. The predicted molar refractivity (Wildman–Crippen MR) is 109 cm³/mol. The Kier molecular flexibility index (Phi) is 7.10. The van der Waals surface area contributed by atoms with Crippen LogP contribution in [0.5, 0.6) is 0 Å². The average Bonchev–Trinajstić information content (AvgIpc) is 2.69. The minimum absolute atomic E-state index is 0.00219. The highest BCUT2D eigenvalue weighted by molar-refractivity contribution is 5.98.